The number of anilines is 2. The van der Waals surface area contributed by atoms with Crippen LogP contribution in [0.15, 0.2) is 54.7 Å². The molecule has 1 aromatic heterocycles. The second-order valence-electron chi connectivity index (χ2n) is 11.4. The molecule has 2 aromatic carbocycles. The van der Waals surface area contributed by atoms with Gasteiger partial charge in [-0.05, 0) is 86.7 Å². The van der Waals surface area contributed by atoms with Gasteiger partial charge in [0.25, 0.3) is 5.91 Å². The van der Waals surface area contributed by atoms with Crippen LogP contribution in [0.4, 0.5) is 24.5 Å². The van der Waals surface area contributed by atoms with E-state index in [9.17, 15) is 22.5 Å². The third-order valence-electron chi connectivity index (χ3n) is 7.38. The fraction of sp³-hybridized carbons (Fsp3) is 0.400. The standard InChI is InChI=1S/C30H33F3N4O3S/c1-18-5-7-21(35-28(38)20-9-10-34-27(14-20)30(31,32)33)15-24(18)19-6-8-23-25(36-41(39)29(2,3)4)16-22-17-40-12-11-37(22)26(23)13-19/h5-10,13-15,22,25,36H,11-12,16-17H2,1-4H3,(H,35,38). The maximum Gasteiger partial charge on any atom is 0.433 e. The van der Waals surface area contributed by atoms with Crippen LogP contribution in [0.25, 0.3) is 11.1 Å². The van der Waals surface area contributed by atoms with Crippen LogP contribution < -0.4 is 14.9 Å². The number of carbonyl (C=O) groups is 1. The maximum absolute atomic E-state index is 13.1. The molecule has 3 heterocycles. The lowest BCUT2D eigenvalue weighted by Crippen LogP contribution is -2.52. The highest BCUT2D eigenvalue weighted by Crippen LogP contribution is 2.42. The number of pyridine rings is 1. The third-order valence-corrected chi connectivity index (χ3v) is 8.99. The second kappa shape index (κ2) is 11.3. The quantitative estimate of drug-likeness (QED) is 0.355. The summed E-state index contributed by atoms with van der Waals surface area (Å²) in [6.07, 6.45) is -2.89. The average molecular weight is 587 g/mol. The molecule has 0 saturated carbocycles. The number of aromatic nitrogens is 1. The highest BCUT2D eigenvalue weighted by atomic mass is 32.2. The first-order valence-corrected chi connectivity index (χ1v) is 14.6. The van der Waals surface area contributed by atoms with Crippen molar-refractivity contribution in [3.63, 3.8) is 0 Å². The lowest BCUT2D eigenvalue weighted by Gasteiger charge is -2.45. The number of alkyl halides is 3. The number of rotatable bonds is 5. The van der Waals surface area contributed by atoms with E-state index in [1.54, 1.807) is 6.07 Å². The summed E-state index contributed by atoms with van der Waals surface area (Å²) in [5.74, 6) is -0.657. The van der Waals surface area contributed by atoms with Gasteiger partial charge in [-0.1, -0.05) is 18.2 Å². The van der Waals surface area contributed by atoms with Crippen molar-refractivity contribution in [2.75, 3.05) is 30.0 Å². The molecule has 5 rings (SSSR count). The minimum Gasteiger partial charge on any atom is -0.598 e. The molecule has 7 nitrogen and oxygen atoms in total. The first-order chi connectivity index (χ1) is 19.3. The Bertz CT molecular complexity index is 1440. The molecule has 218 valence electrons. The molecule has 1 amide bonds. The number of nitrogens with one attached hydrogen (secondary N) is 2. The summed E-state index contributed by atoms with van der Waals surface area (Å²) in [5, 5.41) is 2.72. The van der Waals surface area contributed by atoms with Crippen molar-refractivity contribution in [1.82, 2.24) is 9.71 Å². The van der Waals surface area contributed by atoms with Gasteiger partial charge in [0.2, 0.25) is 0 Å². The van der Waals surface area contributed by atoms with Gasteiger partial charge in [-0.2, -0.15) is 13.2 Å². The topological polar surface area (TPSA) is 89.6 Å². The normalized spacial score (nSPS) is 19.8. The van der Waals surface area contributed by atoms with E-state index in [0.29, 0.717) is 18.9 Å². The molecular formula is C30H33F3N4O3S. The monoisotopic (exact) mass is 586 g/mol. The van der Waals surface area contributed by atoms with E-state index in [1.165, 1.54) is 6.07 Å². The third kappa shape index (κ3) is 6.38. The zero-order chi connectivity index (χ0) is 29.5. The number of halogens is 3. The Hall–Kier alpha value is -3.12. The molecule has 0 aliphatic carbocycles. The van der Waals surface area contributed by atoms with Crippen LogP contribution in [0.5, 0.6) is 0 Å². The molecule has 0 bridgehead atoms. The number of benzene rings is 2. The van der Waals surface area contributed by atoms with Crippen LogP contribution in [0.1, 0.15) is 60.4 Å². The smallest absolute Gasteiger partial charge is 0.433 e. The van der Waals surface area contributed by atoms with Gasteiger partial charge in [0.1, 0.15) is 10.4 Å². The zero-order valence-electron chi connectivity index (χ0n) is 23.3. The van der Waals surface area contributed by atoms with Gasteiger partial charge in [0.05, 0.1) is 25.3 Å². The number of hydrogen-bond acceptors (Lipinski definition) is 6. The summed E-state index contributed by atoms with van der Waals surface area (Å²) in [5.41, 5.74) is 4.13. The van der Waals surface area contributed by atoms with Crippen molar-refractivity contribution in [2.45, 2.75) is 57.1 Å². The lowest BCUT2D eigenvalue weighted by molar-refractivity contribution is -0.141. The van der Waals surface area contributed by atoms with E-state index in [0.717, 1.165) is 53.2 Å². The van der Waals surface area contributed by atoms with Crippen molar-refractivity contribution in [3.05, 3.63) is 77.1 Å². The van der Waals surface area contributed by atoms with Gasteiger partial charge in [-0.3, -0.25) is 9.78 Å². The van der Waals surface area contributed by atoms with Gasteiger partial charge < -0.3 is 19.5 Å². The first kappa shape index (κ1) is 29.4. The number of ether oxygens (including phenoxy) is 1. The minimum atomic E-state index is -4.64. The number of nitrogens with zero attached hydrogens (tertiary/aromatic N) is 2. The van der Waals surface area contributed by atoms with Crippen molar-refractivity contribution in [3.8, 4) is 11.1 Å². The van der Waals surface area contributed by atoms with Gasteiger partial charge >= 0.3 is 6.18 Å². The molecule has 2 aliphatic heterocycles. The number of aryl methyl sites for hydroxylation is 1. The van der Waals surface area contributed by atoms with Gasteiger partial charge in [0.15, 0.2) is 0 Å². The maximum atomic E-state index is 13.1. The number of morpholine rings is 1. The Kier molecular flexibility index (Phi) is 8.08. The summed E-state index contributed by atoms with van der Waals surface area (Å²) in [4.78, 5) is 18.5. The van der Waals surface area contributed by atoms with E-state index >= 15 is 0 Å². The summed E-state index contributed by atoms with van der Waals surface area (Å²) in [6.45, 7) is 9.75. The largest absolute Gasteiger partial charge is 0.598 e. The van der Waals surface area contributed by atoms with Gasteiger partial charge in [-0.15, -0.1) is 4.72 Å². The minimum absolute atomic E-state index is 0.101. The van der Waals surface area contributed by atoms with E-state index < -0.39 is 33.9 Å². The van der Waals surface area contributed by atoms with Crippen LogP contribution in [0.3, 0.4) is 0 Å². The van der Waals surface area contributed by atoms with Crippen LogP contribution >= 0.6 is 0 Å². The Labute approximate surface area is 240 Å². The Morgan fingerprint density at radius 2 is 1.90 bits per heavy atom. The highest BCUT2D eigenvalue weighted by Gasteiger charge is 2.39. The molecule has 0 radical (unpaired) electrons. The number of amides is 1. The van der Waals surface area contributed by atoms with Gasteiger partial charge in [-0.25, -0.2) is 0 Å². The lowest BCUT2D eigenvalue weighted by atomic mass is 9.88. The summed E-state index contributed by atoms with van der Waals surface area (Å²) >= 11 is -1.25. The summed E-state index contributed by atoms with van der Waals surface area (Å²) < 4.78 is 60.9. The number of hydrogen-bond donors (Lipinski definition) is 2. The van der Waals surface area contributed by atoms with E-state index in [4.69, 9.17) is 4.74 Å². The van der Waals surface area contributed by atoms with Crippen molar-refractivity contribution >= 4 is 28.6 Å². The van der Waals surface area contributed by atoms with Crippen LogP contribution in [0, 0.1) is 6.92 Å². The molecule has 3 unspecified atom stereocenters. The van der Waals surface area contributed by atoms with Crippen molar-refractivity contribution in [2.24, 2.45) is 0 Å². The second-order valence-corrected chi connectivity index (χ2v) is 13.4. The molecule has 2 N–H and O–H groups in total. The predicted molar refractivity (Wildman–Crippen MR) is 154 cm³/mol. The Morgan fingerprint density at radius 1 is 1.12 bits per heavy atom. The number of fused-ring (bicyclic) bond motifs is 3. The van der Waals surface area contributed by atoms with Crippen molar-refractivity contribution in [1.29, 1.82) is 0 Å². The molecule has 3 atom stereocenters. The van der Waals surface area contributed by atoms with Crippen LogP contribution in [-0.2, 0) is 22.3 Å². The number of carbonyl (C=O) groups excluding carboxylic acids is 1. The van der Waals surface area contributed by atoms with Crippen molar-refractivity contribution < 1.29 is 27.3 Å². The summed E-state index contributed by atoms with van der Waals surface area (Å²) in [6, 6.07) is 13.6. The molecule has 2 aliphatic rings. The van der Waals surface area contributed by atoms with E-state index in [-0.39, 0.29) is 17.6 Å². The van der Waals surface area contributed by atoms with E-state index in [1.807, 2.05) is 45.9 Å². The van der Waals surface area contributed by atoms with E-state index in [2.05, 4.69) is 32.1 Å². The Balaban J connectivity index is 1.45. The predicted octanol–water partition coefficient (Wildman–Crippen LogP) is 6.03. The molecular weight excluding hydrogens is 553 g/mol. The molecule has 41 heavy (non-hydrogen) atoms. The summed E-state index contributed by atoms with van der Waals surface area (Å²) in [7, 11) is 0. The SMILES string of the molecule is Cc1ccc(NC(=O)c2ccnc(C(F)(F)F)c2)cc1-c1ccc2c(c1)N1CCOCC1CC2N[S+]([O-])C(C)(C)C. The molecule has 3 aromatic rings. The molecule has 1 saturated heterocycles. The first-order valence-electron chi connectivity index (χ1n) is 13.4. The molecule has 0 spiro atoms. The molecule has 1 fully saturated rings. The van der Waals surface area contributed by atoms with Gasteiger partial charge in [0, 0.05) is 41.0 Å². The fourth-order valence-corrected chi connectivity index (χ4v) is 6.01. The Morgan fingerprint density at radius 3 is 2.63 bits per heavy atom. The zero-order valence-corrected chi connectivity index (χ0v) is 24.2. The highest BCUT2D eigenvalue weighted by molar-refractivity contribution is 7.90. The fourth-order valence-electron chi connectivity index (χ4n) is 5.18. The molecule has 11 heteroatoms. The van der Waals surface area contributed by atoms with Crippen LogP contribution in [-0.4, -0.2) is 46.0 Å². The van der Waals surface area contributed by atoms with Crippen LogP contribution in [0.2, 0.25) is 0 Å². The average Bonchev–Trinajstić information content (AvgIpc) is 2.93.